The van der Waals surface area contributed by atoms with Crippen LogP contribution in [0.1, 0.15) is 118 Å². The van der Waals surface area contributed by atoms with Gasteiger partial charge in [0.15, 0.2) is 17.5 Å². The summed E-state index contributed by atoms with van der Waals surface area (Å²) < 4.78 is 19.8. The van der Waals surface area contributed by atoms with Gasteiger partial charge in [-0.2, -0.15) is 0 Å². The van der Waals surface area contributed by atoms with E-state index < -0.39 is 12.2 Å². The van der Waals surface area contributed by atoms with E-state index in [1.807, 2.05) is 24.3 Å². The zero-order valence-corrected chi connectivity index (χ0v) is 35.3. The van der Waals surface area contributed by atoms with Gasteiger partial charge in [-0.1, -0.05) is 51.8 Å². The average Bonchev–Trinajstić information content (AvgIpc) is 3.22. The van der Waals surface area contributed by atoms with Crippen LogP contribution in [-0.4, -0.2) is 64.9 Å². The lowest BCUT2D eigenvalue weighted by Crippen LogP contribution is -2.46. The van der Waals surface area contributed by atoms with Crippen LogP contribution in [-0.2, 0) is 19.3 Å². The molecule has 9 unspecified atom stereocenters. The van der Waals surface area contributed by atoms with E-state index in [4.69, 9.17) is 19.9 Å². The molecule has 59 heavy (non-hydrogen) atoms. The number of phenolic OH excluding ortho intramolecular Hbond substituents is 2. The summed E-state index contributed by atoms with van der Waals surface area (Å²) in [6.07, 6.45) is 13.8. The summed E-state index contributed by atoms with van der Waals surface area (Å²) in [7, 11) is 1.71. The van der Waals surface area contributed by atoms with Crippen molar-refractivity contribution in [2.45, 2.75) is 128 Å². The zero-order chi connectivity index (χ0) is 41.4. The molecule has 318 valence electrons. The number of aliphatic hydroxyl groups is 2. The third-order valence-corrected chi connectivity index (χ3v) is 14.1. The van der Waals surface area contributed by atoms with E-state index >= 15 is 0 Å². The van der Waals surface area contributed by atoms with E-state index in [9.17, 15) is 20.4 Å². The molecule has 0 bridgehead atoms. The van der Waals surface area contributed by atoms with Crippen molar-refractivity contribution in [3.8, 4) is 39.9 Å². The van der Waals surface area contributed by atoms with Crippen LogP contribution >= 0.6 is 0 Å². The smallest absolute Gasteiger partial charge is 0.188 e. The number of allylic oxidation sites excluding steroid dienone is 2. The van der Waals surface area contributed by atoms with E-state index in [0.29, 0.717) is 59.1 Å². The van der Waals surface area contributed by atoms with Crippen molar-refractivity contribution in [1.82, 2.24) is 5.32 Å². The fourth-order valence-corrected chi connectivity index (χ4v) is 11.1. The van der Waals surface area contributed by atoms with Gasteiger partial charge in [0.2, 0.25) is 0 Å². The molecule has 5 aliphatic rings. The Morgan fingerprint density at radius 1 is 0.983 bits per heavy atom. The van der Waals surface area contributed by atoms with Gasteiger partial charge in [0.1, 0.15) is 29.5 Å². The normalized spacial score (nSPS) is 28.7. The highest BCUT2D eigenvalue weighted by atomic mass is 16.5. The van der Waals surface area contributed by atoms with Crippen molar-refractivity contribution in [2.75, 3.05) is 20.3 Å². The molecule has 1 saturated carbocycles. The fraction of sp³-hybridized carbons (Fsp3) is 0.571. The number of aromatic hydroxyl groups is 2. The van der Waals surface area contributed by atoms with Crippen molar-refractivity contribution in [1.29, 1.82) is 0 Å². The lowest BCUT2D eigenvalue weighted by molar-refractivity contribution is 0.0196. The summed E-state index contributed by atoms with van der Waals surface area (Å²) in [5, 5.41) is 47.7. The molecule has 0 spiro atoms. The maximum Gasteiger partial charge on any atom is 0.188 e. The molecule has 9 atom stereocenters. The number of guanidine groups is 1. The van der Waals surface area contributed by atoms with Crippen molar-refractivity contribution >= 4 is 5.96 Å². The van der Waals surface area contributed by atoms with Gasteiger partial charge >= 0.3 is 0 Å². The van der Waals surface area contributed by atoms with Crippen LogP contribution < -0.4 is 25.3 Å². The number of nitrogens with one attached hydrogen (secondary N) is 1. The van der Waals surface area contributed by atoms with Crippen LogP contribution in [0.4, 0.5) is 0 Å². The van der Waals surface area contributed by atoms with Crippen molar-refractivity contribution in [2.24, 2.45) is 40.3 Å². The van der Waals surface area contributed by atoms with E-state index in [1.165, 1.54) is 0 Å². The van der Waals surface area contributed by atoms with Gasteiger partial charge in [0, 0.05) is 42.8 Å². The number of aliphatic imine (C=N–C) groups is 1. The first-order valence-electron chi connectivity index (χ1n) is 22.3. The summed E-state index contributed by atoms with van der Waals surface area (Å²) in [5.41, 5.74) is 13.0. The lowest BCUT2D eigenvalue weighted by atomic mass is 9.65. The largest absolute Gasteiger partial charge is 0.508 e. The second-order valence-corrected chi connectivity index (χ2v) is 18.4. The minimum atomic E-state index is -0.859. The Morgan fingerprint density at radius 3 is 2.58 bits per heavy atom. The predicted molar refractivity (Wildman–Crippen MR) is 232 cm³/mol. The Kier molecular flexibility index (Phi) is 12.4. The molecule has 0 saturated heterocycles. The molecule has 1 fully saturated rings. The van der Waals surface area contributed by atoms with Crippen LogP contribution in [0.3, 0.4) is 0 Å². The molecule has 10 heteroatoms. The first-order chi connectivity index (χ1) is 28.5. The van der Waals surface area contributed by atoms with Gasteiger partial charge in [-0.05, 0) is 145 Å². The summed E-state index contributed by atoms with van der Waals surface area (Å²) in [6, 6.07) is 11.7. The highest BCUT2D eigenvalue weighted by Gasteiger charge is 2.42. The number of phenols is 2. The molecule has 3 aromatic rings. The molecule has 0 aromatic heterocycles. The topological polar surface area (TPSA) is 159 Å². The van der Waals surface area contributed by atoms with E-state index in [0.717, 1.165) is 116 Å². The summed E-state index contributed by atoms with van der Waals surface area (Å²) in [4.78, 5) is 4.30. The van der Waals surface area contributed by atoms with Crippen LogP contribution in [0, 0.1) is 29.6 Å². The number of nitrogens with two attached hydrogens (primary N) is 1. The molecule has 10 nitrogen and oxygen atoms in total. The van der Waals surface area contributed by atoms with Crippen LogP contribution in [0.2, 0.25) is 0 Å². The van der Waals surface area contributed by atoms with Gasteiger partial charge in [-0.3, -0.25) is 4.99 Å². The lowest BCUT2D eigenvalue weighted by Gasteiger charge is -2.42. The first-order valence-corrected chi connectivity index (χ1v) is 22.3. The number of rotatable bonds is 12. The molecular formula is C49H65N3O7. The predicted octanol–water partition coefficient (Wildman–Crippen LogP) is 8.25. The molecule has 3 aromatic carbocycles. The minimum absolute atomic E-state index is 0.0525. The van der Waals surface area contributed by atoms with Crippen LogP contribution in [0.15, 0.2) is 53.5 Å². The maximum atomic E-state index is 12.1. The monoisotopic (exact) mass is 807 g/mol. The number of hydrogen-bond donors (Lipinski definition) is 6. The van der Waals surface area contributed by atoms with Gasteiger partial charge in [0.05, 0.1) is 13.2 Å². The Morgan fingerprint density at radius 2 is 1.81 bits per heavy atom. The van der Waals surface area contributed by atoms with E-state index in [2.05, 4.69) is 49.3 Å². The third-order valence-electron chi connectivity index (χ3n) is 14.1. The fourth-order valence-electron chi connectivity index (χ4n) is 11.1. The van der Waals surface area contributed by atoms with E-state index in [1.54, 1.807) is 13.2 Å². The highest BCUT2D eigenvalue weighted by molar-refractivity contribution is 5.84. The second kappa shape index (κ2) is 17.7. The van der Waals surface area contributed by atoms with Crippen molar-refractivity contribution in [3.05, 3.63) is 76.4 Å². The number of nitrogens with zero attached hydrogens (tertiary/aromatic N) is 1. The van der Waals surface area contributed by atoms with Gasteiger partial charge < -0.3 is 45.7 Å². The molecule has 0 amide bonds. The number of benzene rings is 3. The zero-order valence-electron chi connectivity index (χ0n) is 35.3. The number of aliphatic hydroxyl groups excluding tert-OH is 2. The summed E-state index contributed by atoms with van der Waals surface area (Å²) in [5.74, 6) is 4.48. The van der Waals surface area contributed by atoms with Gasteiger partial charge in [-0.15, -0.1) is 0 Å². The molecular weight excluding hydrogens is 743 g/mol. The van der Waals surface area contributed by atoms with Crippen LogP contribution in [0.25, 0.3) is 11.1 Å². The molecule has 8 rings (SSSR count). The van der Waals surface area contributed by atoms with E-state index in [-0.39, 0.29) is 36.3 Å². The quantitative estimate of drug-likeness (QED) is 0.0992. The standard InChI is InChI=1S/C49H65N3O7/c1-5-28-19-30(11-10-29(28)15-17-53)36-21-33-23-40(55)34(18-27(2)3)22-37(33)47-45(57-4)26-43-38(46(36)47)25-41(56)48(59-43)32-12-13-39(54)44(24-32)58-42-9-7-6-8-31(42)20-35-14-16-51-49(50)52-35/h10-13,22-24,26-31,35-36,41-42,48,53-56H,5-9,14-21,25H2,1-4H3,(H3,50,51,52). The Balaban J connectivity index is 1.14. The van der Waals surface area contributed by atoms with Crippen molar-refractivity contribution in [3.63, 3.8) is 0 Å². The highest BCUT2D eigenvalue weighted by Crippen LogP contribution is 2.56. The Bertz CT molecular complexity index is 2050. The molecule has 2 aliphatic heterocycles. The molecule has 0 radical (unpaired) electrons. The third kappa shape index (κ3) is 8.49. The average molecular weight is 808 g/mol. The molecule has 3 aliphatic carbocycles. The number of fused-ring (bicyclic) bond motifs is 5. The number of methoxy groups -OCH3 is 1. The van der Waals surface area contributed by atoms with Crippen molar-refractivity contribution < 1.29 is 34.6 Å². The number of hydrogen-bond acceptors (Lipinski definition) is 10. The summed E-state index contributed by atoms with van der Waals surface area (Å²) in [6.45, 7) is 7.48. The molecule has 7 N–H and O–H groups in total. The molecule has 2 heterocycles. The Labute approximate surface area is 349 Å². The SMILES string of the molecule is CCC1CC(C2Cc3cc(O)c(CC(C)C)cc3-c3c(OC)cc4c(c32)CC(O)C(c2ccc(O)c(OC3CCCCC3CC3CCN=C(N)N3)c2)O4)C=CC1CCO. The van der Waals surface area contributed by atoms with Crippen LogP contribution in [0.5, 0.6) is 28.7 Å². The second-order valence-electron chi connectivity index (χ2n) is 18.4. The minimum Gasteiger partial charge on any atom is -0.508 e. The summed E-state index contributed by atoms with van der Waals surface area (Å²) >= 11 is 0. The maximum absolute atomic E-state index is 12.1. The first kappa shape index (κ1) is 41.3. The number of ether oxygens (including phenoxy) is 3. The van der Waals surface area contributed by atoms with Gasteiger partial charge in [-0.25, -0.2) is 0 Å². The Hall–Kier alpha value is -4.41. The van der Waals surface area contributed by atoms with Gasteiger partial charge in [0.25, 0.3) is 0 Å².